The number of nitro benzene ring substituents is 1. The van der Waals surface area contributed by atoms with E-state index in [4.69, 9.17) is 4.84 Å². The Bertz CT molecular complexity index is 643. The molecule has 0 aliphatic carbocycles. The molecule has 114 valence electrons. The van der Waals surface area contributed by atoms with Gasteiger partial charge in [-0.3, -0.25) is 10.1 Å². The van der Waals surface area contributed by atoms with E-state index in [0.29, 0.717) is 0 Å². The number of carboxylic acids is 1. The smallest absolute Gasteiger partial charge is 0.269 e. The number of benzene rings is 2. The van der Waals surface area contributed by atoms with Crippen molar-refractivity contribution in [1.29, 1.82) is 0 Å². The van der Waals surface area contributed by atoms with E-state index in [0.717, 1.165) is 5.56 Å². The van der Waals surface area contributed by atoms with Crippen molar-refractivity contribution >= 4 is 11.7 Å². The van der Waals surface area contributed by atoms with Gasteiger partial charge in [0.15, 0.2) is 0 Å². The normalized spacial score (nSPS) is 11.6. The van der Waals surface area contributed by atoms with Gasteiger partial charge in [0.25, 0.3) is 5.69 Å². The fourth-order valence-corrected chi connectivity index (χ4v) is 1.80. The lowest BCUT2D eigenvalue weighted by molar-refractivity contribution is -0.384. The van der Waals surface area contributed by atoms with Crippen molar-refractivity contribution in [2.24, 2.45) is 0 Å². The minimum atomic E-state index is -1.30. The summed E-state index contributed by atoms with van der Waals surface area (Å²) in [5, 5.41) is 21.7. The predicted octanol–water partition coefficient (Wildman–Crippen LogP) is 0.839. The van der Waals surface area contributed by atoms with Crippen molar-refractivity contribution in [3.05, 3.63) is 70.3 Å². The zero-order valence-electron chi connectivity index (χ0n) is 11.5. The Kier molecular flexibility index (Phi) is 5.05. The lowest BCUT2D eigenvalue weighted by Crippen LogP contribution is -2.48. The molecular weight excluding hydrogens is 288 g/mol. The van der Waals surface area contributed by atoms with Gasteiger partial charge in [-0.05, 0) is 24.1 Å². The van der Waals surface area contributed by atoms with Gasteiger partial charge in [0.2, 0.25) is 0 Å². The van der Waals surface area contributed by atoms with Gasteiger partial charge in [0.05, 0.1) is 16.9 Å². The van der Waals surface area contributed by atoms with Crippen LogP contribution in [-0.4, -0.2) is 16.9 Å². The molecule has 0 spiro atoms. The van der Waals surface area contributed by atoms with Crippen molar-refractivity contribution in [2.75, 3.05) is 0 Å². The molecule has 7 heteroatoms. The third kappa shape index (κ3) is 4.29. The highest BCUT2D eigenvalue weighted by Crippen LogP contribution is 2.16. The Morgan fingerprint density at radius 2 is 1.77 bits per heavy atom. The van der Waals surface area contributed by atoms with E-state index in [1.165, 1.54) is 24.3 Å². The first-order chi connectivity index (χ1) is 10.6. The predicted molar refractivity (Wildman–Crippen MR) is 75.8 cm³/mol. The number of rotatable bonds is 7. The van der Waals surface area contributed by atoms with Crippen LogP contribution in [0.3, 0.4) is 0 Å². The summed E-state index contributed by atoms with van der Waals surface area (Å²) >= 11 is 0. The third-order valence-electron chi connectivity index (χ3n) is 2.93. The van der Waals surface area contributed by atoms with Crippen LogP contribution in [0.4, 0.5) is 5.69 Å². The first kappa shape index (κ1) is 15.5. The summed E-state index contributed by atoms with van der Waals surface area (Å²) in [6.07, 6.45) is 0.191. The number of hydrogen-bond acceptors (Lipinski definition) is 6. The Morgan fingerprint density at radius 1 is 1.14 bits per heavy atom. The molecule has 0 saturated carbocycles. The number of carbonyl (C=O) groups excluding carboxylic acids is 1. The Labute approximate surface area is 126 Å². The maximum Gasteiger partial charge on any atom is 0.269 e. The van der Waals surface area contributed by atoms with Crippen LogP contribution >= 0.6 is 0 Å². The molecule has 1 atom stereocenters. The van der Waals surface area contributed by atoms with Crippen LogP contribution in [0, 0.1) is 10.1 Å². The van der Waals surface area contributed by atoms with Crippen molar-refractivity contribution in [3.63, 3.8) is 0 Å². The topological polar surface area (TPSA) is 105 Å². The first-order valence-electron chi connectivity index (χ1n) is 6.48. The second kappa shape index (κ2) is 7.19. The van der Waals surface area contributed by atoms with E-state index in [9.17, 15) is 20.0 Å². The van der Waals surface area contributed by atoms with Crippen LogP contribution in [0.2, 0.25) is 0 Å². The largest absolute Gasteiger partial charge is 0.548 e. The summed E-state index contributed by atoms with van der Waals surface area (Å²) in [6, 6.07) is 13.3. The quantitative estimate of drug-likeness (QED) is 0.600. The van der Waals surface area contributed by atoms with E-state index >= 15 is 0 Å². The average molecular weight is 301 g/mol. The van der Waals surface area contributed by atoms with Crippen LogP contribution in [0.25, 0.3) is 0 Å². The van der Waals surface area contributed by atoms with E-state index in [1.807, 2.05) is 6.07 Å². The number of aliphatic carboxylic acids is 1. The first-order valence-corrected chi connectivity index (χ1v) is 6.48. The molecule has 0 fully saturated rings. The average Bonchev–Trinajstić information content (AvgIpc) is 2.52. The van der Waals surface area contributed by atoms with Crippen LogP contribution < -0.4 is 15.4 Å². The number of hydroxylamine groups is 1. The lowest BCUT2D eigenvalue weighted by atomic mass is 10.1. The number of non-ortho nitro benzene ring substituents is 1. The van der Waals surface area contributed by atoms with Crippen molar-refractivity contribution in [3.8, 4) is 5.75 Å². The summed E-state index contributed by atoms with van der Waals surface area (Å²) in [5.41, 5.74) is 3.14. The molecule has 0 heterocycles. The van der Waals surface area contributed by atoms with Gasteiger partial charge < -0.3 is 14.7 Å². The molecule has 2 rings (SSSR count). The molecular formula is C15H13N2O5-. The fourth-order valence-electron chi connectivity index (χ4n) is 1.80. The van der Waals surface area contributed by atoms with Crippen molar-refractivity contribution in [2.45, 2.75) is 12.5 Å². The van der Waals surface area contributed by atoms with E-state index < -0.39 is 16.9 Å². The zero-order valence-corrected chi connectivity index (χ0v) is 11.5. The van der Waals surface area contributed by atoms with Gasteiger partial charge in [-0.1, -0.05) is 30.3 Å². The molecule has 22 heavy (non-hydrogen) atoms. The van der Waals surface area contributed by atoms with Gasteiger partial charge >= 0.3 is 0 Å². The summed E-state index contributed by atoms with van der Waals surface area (Å²) < 4.78 is 0. The third-order valence-corrected chi connectivity index (χ3v) is 2.93. The molecule has 0 amide bonds. The molecule has 0 saturated heterocycles. The monoisotopic (exact) mass is 301 g/mol. The second-order valence-electron chi connectivity index (χ2n) is 4.53. The molecule has 0 bridgehead atoms. The van der Waals surface area contributed by atoms with Crippen molar-refractivity contribution < 1.29 is 19.7 Å². The van der Waals surface area contributed by atoms with Crippen LogP contribution in [0.5, 0.6) is 5.75 Å². The van der Waals surface area contributed by atoms with Crippen LogP contribution in [0.1, 0.15) is 5.56 Å². The van der Waals surface area contributed by atoms with E-state index in [2.05, 4.69) is 5.48 Å². The van der Waals surface area contributed by atoms with Crippen LogP contribution in [0.15, 0.2) is 54.6 Å². The van der Waals surface area contributed by atoms with Gasteiger partial charge in [0, 0.05) is 12.1 Å². The molecule has 0 radical (unpaired) electrons. The Morgan fingerprint density at radius 3 is 2.32 bits per heavy atom. The molecule has 0 aromatic heterocycles. The molecule has 7 nitrogen and oxygen atoms in total. The molecule has 0 unspecified atom stereocenters. The summed E-state index contributed by atoms with van der Waals surface area (Å²) in [7, 11) is 0. The Hall–Kier alpha value is -2.93. The van der Waals surface area contributed by atoms with Gasteiger partial charge in [-0.2, -0.15) is 0 Å². The van der Waals surface area contributed by atoms with E-state index in [-0.39, 0.29) is 17.9 Å². The van der Waals surface area contributed by atoms with Gasteiger partial charge in [-0.25, -0.2) is 0 Å². The number of carboxylic acid groups (broad SMARTS) is 1. The van der Waals surface area contributed by atoms with Gasteiger partial charge in [-0.15, -0.1) is 5.48 Å². The zero-order chi connectivity index (χ0) is 15.9. The minimum Gasteiger partial charge on any atom is -0.548 e. The number of nitrogens with one attached hydrogen (secondary N) is 1. The number of nitro groups is 1. The van der Waals surface area contributed by atoms with E-state index in [1.54, 1.807) is 24.3 Å². The SMILES string of the molecule is O=C([O-])[C@H](Cc1ccccc1)NOc1ccc([N+](=O)[O-])cc1. The molecule has 0 aliphatic rings. The standard InChI is InChI=1S/C15H14N2O5/c18-15(19)14(10-11-4-2-1-3-5-11)16-22-13-8-6-12(7-9-13)17(20)21/h1-9,14,16H,10H2,(H,18,19)/p-1/t14-/m0/s1. The minimum absolute atomic E-state index is 0.0758. The van der Waals surface area contributed by atoms with Crippen molar-refractivity contribution in [1.82, 2.24) is 5.48 Å². The molecule has 0 aliphatic heterocycles. The number of carbonyl (C=O) groups is 1. The lowest BCUT2D eigenvalue weighted by Gasteiger charge is -2.19. The maximum atomic E-state index is 11.1. The fraction of sp³-hybridized carbons (Fsp3) is 0.133. The number of hydrogen-bond donors (Lipinski definition) is 1. The highest BCUT2D eigenvalue weighted by molar-refractivity contribution is 5.71. The summed E-state index contributed by atoms with van der Waals surface area (Å²) in [4.78, 5) is 26.3. The highest BCUT2D eigenvalue weighted by atomic mass is 16.7. The summed E-state index contributed by atoms with van der Waals surface area (Å²) in [6.45, 7) is 0. The maximum absolute atomic E-state index is 11.1. The second-order valence-corrected chi connectivity index (χ2v) is 4.53. The molecule has 1 N–H and O–H groups in total. The Balaban J connectivity index is 1.97. The van der Waals surface area contributed by atoms with Gasteiger partial charge in [0.1, 0.15) is 5.75 Å². The highest BCUT2D eigenvalue weighted by Gasteiger charge is 2.12. The molecule has 2 aromatic carbocycles. The van der Waals surface area contributed by atoms with Crippen LogP contribution in [-0.2, 0) is 11.2 Å². The molecule has 2 aromatic rings. The number of nitrogens with zero attached hydrogens (tertiary/aromatic N) is 1. The summed E-state index contributed by atoms with van der Waals surface area (Å²) in [5.74, 6) is -1.03.